The van der Waals surface area contributed by atoms with Crippen molar-refractivity contribution in [3.8, 4) is 0 Å². The van der Waals surface area contributed by atoms with Gasteiger partial charge in [-0.15, -0.1) is 0 Å². The first kappa shape index (κ1) is 18.0. The molecule has 0 amide bonds. The van der Waals surface area contributed by atoms with E-state index < -0.39 is 35.8 Å². The standard InChI is InChI=1S/C13H11BrF3NO4/c1-22-12(21)7(5-10(19)20)2-6-3-8(13(15,16)17)11(18)9(14)4-6/h2-4H,5,18H2,1H3,(H,19,20)/p-1/b7-2+. The van der Waals surface area contributed by atoms with E-state index in [0.717, 1.165) is 13.2 Å². The molecule has 0 atom stereocenters. The zero-order valence-corrected chi connectivity index (χ0v) is 12.7. The highest BCUT2D eigenvalue weighted by Crippen LogP contribution is 2.38. The fraction of sp³-hybridized carbons (Fsp3) is 0.231. The number of halogens is 4. The number of carbonyl (C=O) groups excluding carboxylic acids is 2. The largest absolute Gasteiger partial charge is 0.550 e. The zero-order valence-electron chi connectivity index (χ0n) is 11.2. The Morgan fingerprint density at radius 3 is 2.45 bits per heavy atom. The summed E-state index contributed by atoms with van der Waals surface area (Å²) in [5.41, 5.74) is 3.32. The molecule has 0 aliphatic heterocycles. The van der Waals surface area contributed by atoms with Crippen LogP contribution in [0.2, 0.25) is 0 Å². The number of hydrogen-bond acceptors (Lipinski definition) is 5. The molecule has 0 radical (unpaired) electrons. The van der Waals surface area contributed by atoms with Crippen LogP contribution in [0.4, 0.5) is 18.9 Å². The van der Waals surface area contributed by atoms with Crippen LogP contribution in [0, 0.1) is 0 Å². The minimum Gasteiger partial charge on any atom is -0.550 e. The summed E-state index contributed by atoms with van der Waals surface area (Å²) in [6.45, 7) is 0. The predicted octanol–water partition coefficient (Wildman–Crippen LogP) is 1.75. The van der Waals surface area contributed by atoms with E-state index in [4.69, 9.17) is 5.73 Å². The lowest BCUT2D eigenvalue weighted by Gasteiger charge is -2.13. The molecule has 1 aromatic rings. The summed E-state index contributed by atoms with van der Waals surface area (Å²) in [6, 6.07) is 1.93. The first-order valence-corrected chi connectivity index (χ1v) is 6.50. The molecule has 0 unspecified atom stereocenters. The second-order valence-corrected chi connectivity index (χ2v) is 5.03. The smallest absolute Gasteiger partial charge is 0.418 e. The highest BCUT2D eigenvalue weighted by atomic mass is 79.9. The number of anilines is 1. The minimum absolute atomic E-state index is 0.0359. The van der Waals surface area contributed by atoms with Crippen molar-refractivity contribution < 1.29 is 32.6 Å². The van der Waals surface area contributed by atoms with Crippen molar-refractivity contribution in [2.75, 3.05) is 12.8 Å². The topological polar surface area (TPSA) is 92.5 Å². The van der Waals surface area contributed by atoms with Crippen LogP contribution in [0.3, 0.4) is 0 Å². The number of methoxy groups -OCH3 is 1. The maximum Gasteiger partial charge on any atom is 0.418 e. The number of nitrogens with two attached hydrogens (primary N) is 1. The Morgan fingerprint density at radius 1 is 1.41 bits per heavy atom. The summed E-state index contributed by atoms with van der Waals surface area (Å²) in [5.74, 6) is -2.55. The van der Waals surface area contributed by atoms with Crippen LogP contribution in [-0.4, -0.2) is 19.0 Å². The first-order chi connectivity index (χ1) is 10.1. The van der Waals surface area contributed by atoms with Gasteiger partial charge in [0.1, 0.15) is 0 Å². The Morgan fingerprint density at radius 2 is 2.00 bits per heavy atom. The number of aliphatic carboxylic acids is 1. The van der Waals surface area contributed by atoms with Crippen LogP contribution in [-0.2, 0) is 20.5 Å². The normalized spacial score (nSPS) is 12.1. The van der Waals surface area contributed by atoms with E-state index in [1.807, 2.05) is 0 Å². The number of benzene rings is 1. The summed E-state index contributed by atoms with van der Waals surface area (Å²) < 4.78 is 42.9. The Balaban J connectivity index is 3.41. The van der Waals surface area contributed by atoms with Gasteiger partial charge in [-0.1, -0.05) is 0 Å². The molecular weight excluding hydrogens is 371 g/mol. The van der Waals surface area contributed by atoms with Crippen LogP contribution in [0.5, 0.6) is 0 Å². The number of carbonyl (C=O) groups is 2. The molecule has 22 heavy (non-hydrogen) atoms. The molecule has 120 valence electrons. The summed E-state index contributed by atoms with van der Waals surface area (Å²) in [7, 11) is 1.02. The van der Waals surface area contributed by atoms with Crippen LogP contribution < -0.4 is 10.8 Å². The average molecular weight is 381 g/mol. The monoisotopic (exact) mass is 380 g/mol. The van der Waals surface area contributed by atoms with Crippen molar-refractivity contribution in [1.29, 1.82) is 0 Å². The lowest BCUT2D eigenvalue weighted by Crippen LogP contribution is -2.24. The highest BCUT2D eigenvalue weighted by molar-refractivity contribution is 9.10. The number of nitrogen functional groups attached to an aromatic ring is 1. The third kappa shape index (κ3) is 4.48. The molecular formula is C13H10BrF3NO4-. The Kier molecular flexibility index (Phi) is 5.59. The van der Waals surface area contributed by atoms with Crippen LogP contribution in [0.1, 0.15) is 17.5 Å². The van der Waals surface area contributed by atoms with Crippen molar-refractivity contribution in [2.45, 2.75) is 12.6 Å². The van der Waals surface area contributed by atoms with E-state index in [-0.39, 0.29) is 15.6 Å². The second-order valence-electron chi connectivity index (χ2n) is 4.17. The summed E-state index contributed by atoms with van der Waals surface area (Å²) in [4.78, 5) is 22.0. The molecule has 0 heterocycles. The molecule has 0 aliphatic carbocycles. The third-order valence-corrected chi connectivity index (χ3v) is 3.24. The van der Waals surface area contributed by atoms with Gasteiger partial charge in [0.25, 0.3) is 0 Å². The number of ether oxygens (including phenoxy) is 1. The van der Waals surface area contributed by atoms with Gasteiger partial charge < -0.3 is 20.4 Å². The molecule has 0 saturated heterocycles. The summed E-state index contributed by atoms with van der Waals surface area (Å²) in [6.07, 6.45) is -4.52. The van der Waals surface area contributed by atoms with Gasteiger partial charge in [0.2, 0.25) is 0 Å². The number of carboxylic acid groups (broad SMARTS) is 1. The van der Waals surface area contributed by atoms with Crippen molar-refractivity contribution in [3.63, 3.8) is 0 Å². The maximum absolute atomic E-state index is 12.9. The van der Waals surface area contributed by atoms with Crippen molar-refractivity contribution in [3.05, 3.63) is 33.3 Å². The molecule has 1 aromatic carbocycles. The van der Waals surface area contributed by atoms with Crippen molar-refractivity contribution in [2.24, 2.45) is 0 Å². The highest BCUT2D eigenvalue weighted by Gasteiger charge is 2.34. The number of rotatable bonds is 4. The maximum atomic E-state index is 12.9. The van der Waals surface area contributed by atoms with E-state index in [9.17, 15) is 27.9 Å². The molecule has 0 saturated carbocycles. The number of esters is 1. The summed E-state index contributed by atoms with van der Waals surface area (Å²) in [5, 5.41) is 10.6. The summed E-state index contributed by atoms with van der Waals surface area (Å²) >= 11 is 2.89. The van der Waals surface area contributed by atoms with E-state index >= 15 is 0 Å². The van der Waals surface area contributed by atoms with Gasteiger partial charge in [0, 0.05) is 22.4 Å². The average Bonchev–Trinajstić information content (AvgIpc) is 2.39. The molecule has 0 aliphatic rings. The van der Waals surface area contributed by atoms with E-state index in [0.29, 0.717) is 6.07 Å². The minimum atomic E-state index is -4.70. The fourth-order valence-electron chi connectivity index (χ4n) is 1.63. The van der Waals surface area contributed by atoms with Gasteiger partial charge in [-0.05, 0) is 39.7 Å². The van der Waals surface area contributed by atoms with Crippen LogP contribution in [0.25, 0.3) is 6.08 Å². The molecule has 2 N–H and O–H groups in total. The SMILES string of the molecule is COC(=O)/C(=C/c1cc(Br)c(N)c(C(F)(F)F)c1)CC(=O)[O-]. The second kappa shape index (κ2) is 6.82. The molecule has 1 rings (SSSR count). The van der Waals surface area contributed by atoms with E-state index in [1.54, 1.807) is 0 Å². The number of alkyl halides is 3. The van der Waals surface area contributed by atoms with E-state index in [1.165, 1.54) is 6.07 Å². The fourth-order valence-corrected chi connectivity index (χ4v) is 2.10. The molecule has 0 aromatic heterocycles. The number of carboxylic acids is 1. The Labute approximate surface area is 131 Å². The Hall–Kier alpha value is -2.03. The molecule has 0 fully saturated rings. The van der Waals surface area contributed by atoms with Crippen LogP contribution >= 0.6 is 15.9 Å². The van der Waals surface area contributed by atoms with Crippen molar-refractivity contribution in [1.82, 2.24) is 0 Å². The van der Waals surface area contributed by atoms with Crippen molar-refractivity contribution >= 4 is 39.6 Å². The Bertz CT molecular complexity index is 641. The molecule has 5 nitrogen and oxygen atoms in total. The third-order valence-electron chi connectivity index (χ3n) is 2.58. The lowest BCUT2D eigenvalue weighted by atomic mass is 10.0. The quantitative estimate of drug-likeness (QED) is 0.488. The lowest BCUT2D eigenvalue weighted by molar-refractivity contribution is -0.304. The van der Waals surface area contributed by atoms with Crippen LogP contribution in [0.15, 0.2) is 22.2 Å². The predicted molar refractivity (Wildman–Crippen MR) is 73.2 cm³/mol. The van der Waals surface area contributed by atoms with Gasteiger partial charge in [0.05, 0.1) is 18.4 Å². The molecule has 9 heteroatoms. The number of hydrogen-bond donors (Lipinski definition) is 1. The zero-order chi connectivity index (χ0) is 17.1. The van der Waals surface area contributed by atoms with Gasteiger partial charge in [-0.2, -0.15) is 13.2 Å². The molecule has 0 spiro atoms. The molecule has 0 bridgehead atoms. The van der Waals surface area contributed by atoms with Gasteiger partial charge in [0.15, 0.2) is 0 Å². The van der Waals surface area contributed by atoms with Gasteiger partial charge >= 0.3 is 12.1 Å². The van der Waals surface area contributed by atoms with Gasteiger partial charge in [-0.3, -0.25) is 0 Å². The van der Waals surface area contributed by atoms with Gasteiger partial charge in [-0.25, -0.2) is 4.79 Å². The first-order valence-electron chi connectivity index (χ1n) is 5.71. The van der Waals surface area contributed by atoms with E-state index in [2.05, 4.69) is 20.7 Å².